The molecule has 0 saturated heterocycles. The van der Waals surface area contributed by atoms with E-state index in [1.54, 1.807) is 0 Å². The van der Waals surface area contributed by atoms with Gasteiger partial charge in [0.25, 0.3) is 0 Å². The Bertz CT molecular complexity index is 366. The maximum absolute atomic E-state index is 5.88. The first-order chi connectivity index (χ1) is 8.62. The third-order valence-electron chi connectivity index (χ3n) is 3.38. The summed E-state index contributed by atoms with van der Waals surface area (Å²) in [4.78, 5) is 2.44. The first-order valence-corrected chi connectivity index (χ1v) is 6.87. The van der Waals surface area contributed by atoms with E-state index in [0.717, 1.165) is 30.9 Å². The van der Waals surface area contributed by atoms with Crippen LogP contribution in [0.15, 0.2) is 18.2 Å². The molecule has 0 heterocycles. The number of hydrogen-bond donors (Lipinski definition) is 1. The fourth-order valence-electron chi connectivity index (χ4n) is 2.08. The van der Waals surface area contributed by atoms with Crippen LogP contribution in [-0.2, 0) is 6.54 Å². The van der Waals surface area contributed by atoms with Gasteiger partial charge in [0.1, 0.15) is 5.75 Å². The molecule has 0 fully saturated rings. The molecule has 1 rings (SSSR count). The number of hydrogen-bond acceptors (Lipinski definition) is 3. The van der Waals surface area contributed by atoms with Crippen LogP contribution in [0.2, 0.25) is 0 Å². The molecule has 0 saturated carbocycles. The molecule has 0 spiro atoms. The molecule has 0 amide bonds. The molecule has 0 aromatic heterocycles. The molecule has 0 bridgehead atoms. The Hall–Kier alpha value is -1.22. The van der Waals surface area contributed by atoms with Gasteiger partial charge in [0.15, 0.2) is 0 Å². The van der Waals surface area contributed by atoms with Crippen molar-refractivity contribution in [3.63, 3.8) is 0 Å². The molecule has 3 heteroatoms. The van der Waals surface area contributed by atoms with E-state index in [-0.39, 0.29) is 0 Å². The summed E-state index contributed by atoms with van der Waals surface area (Å²) in [6.07, 6.45) is 1.15. The lowest BCUT2D eigenvalue weighted by molar-refractivity contribution is 0.202. The van der Waals surface area contributed by atoms with E-state index < -0.39 is 0 Å². The second-order valence-electron chi connectivity index (χ2n) is 4.62. The molecule has 1 atom stereocenters. The van der Waals surface area contributed by atoms with E-state index in [1.807, 2.05) is 25.1 Å². The molecule has 1 aromatic carbocycles. The minimum absolute atomic E-state index is 0.575. The van der Waals surface area contributed by atoms with Crippen molar-refractivity contribution in [2.45, 2.75) is 46.7 Å². The molecule has 102 valence electrons. The van der Waals surface area contributed by atoms with Crippen LogP contribution in [0.25, 0.3) is 0 Å². The van der Waals surface area contributed by atoms with Crippen molar-refractivity contribution >= 4 is 5.69 Å². The zero-order chi connectivity index (χ0) is 13.5. The van der Waals surface area contributed by atoms with Crippen LogP contribution in [0.3, 0.4) is 0 Å². The van der Waals surface area contributed by atoms with Crippen molar-refractivity contribution in [3.8, 4) is 5.75 Å². The van der Waals surface area contributed by atoms with Gasteiger partial charge in [-0.25, -0.2) is 0 Å². The van der Waals surface area contributed by atoms with E-state index in [9.17, 15) is 0 Å². The molecule has 0 radical (unpaired) electrons. The summed E-state index contributed by atoms with van der Waals surface area (Å²) in [5.74, 6) is 0.952. The zero-order valence-electron chi connectivity index (χ0n) is 12.1. The van der Waals surface area contributed by atoms with E-state index in [0.29, 0.717) is 12.6 Å². The van der Waals surface area contributed by atoms with Gasteiger partial charge in [0.2, 0.25) is 0 Å². The van der Waals surface area contributed by atoms with Crippen molar-refractivity contribution < 1.29 is 4.74 Å². The van der Waals surface area contributed by atoms with Gasteiger partial charge in [-0.1, -0.05) is 13.8 Å². The van der Waals surface area contributed by atoms with Gasteiger partial charge in [-0.05, 0) is 45.0 Å². The van der Waals surface area contributed by atoms with Crippen LogP contribution >= 0.6 is 0 Å². The lowest BCUT2D eigenvalue weighted by Gasteiger charge is -2.27. The standard InChI is InChI=1S/C15H26N2O/c1-5-12(4)17(6-2)11-13-10-14(16)8-9-15(13)18-7-3/h8-10,12H,5-7,11,16H2,1-4H3. The van der Waals surface area contributed by atoms with Gasteiger partial charge >= 0.3 is 0 Å². The zero-order valence-corrected chi connectivity index (χ0v) is 12.1. The summed E-state index contributed by atoms with van der Waals surface area (Å²) in [5, 5.41) is 0. The lowest BCUT2D eigenvalue weighted by atomic mass is 10.1. The smallest absolute Gasteiger partial charge is 0.123 e. The Morgan fingerprint density at radius 3 is 2.56 bits per heavy atom. The number of nitrogens with two attached hydrogens (primary N) is 1. The van der Waals surface area contributed by atoms with Crippen LogP contribution in [0.4, 0.5) is 5.69 Å². The highest BCUT2D eigenvalue weighted by molar-refractivity contribution is 5.47. The predicted octanol–water partition coefficient (Wildman–Crippen LogP) is 3.29. The van der Waals surface area contributed by atoms with Crippen molar-refractivity contribution in [3.05, 3.63) is 23.8 Å². The molecule has 2 N–H and O–H groups in total. The van der Waals surface area contributed by atoms with Crippen molar-refractivity contribution in [1.82, 2.24) is 4.90 Å². The van der Waals surface area contributed by atoms with Crippen molar-refractivity contribution in [1.29, 1.82) is 0 Å². The fraction of sp³-hybridized carbons (Fsp3) is 0.600. The third-order valence-corrected chi connectivity index (χ3v) is 3.38. The molecule has 0 aliphatic heterocycles. The van der Waals surface area contributed by atoms with Crippen LogP contribution in [-0.4, -0.2) is 24.1 Å². The van der Waals surface area contributed by atoms with Gasteiger partial charge < -0.3 is 10.5 Å². The van der Waals surface area contributed by atoms with E-state index >= 15 is 0 Å². The van der Waals surface area contributed by atoms with Gasteiger partial charge in [-0.2, -0.15) is 0 Å². The van der Waals surface area contributed by atoms with E-state index in [1.165, 1.54) is 5.56 Å². The van der Waals surface area contributed by atoms with Crippen LogP contribution in [0, 0.1) is 0 Å². The normalized spacial score (nSPS) is 12.7. The predicted molar refractivity (Wildman–Crippen MR) is 77.9 cm³/mol. The van der Waals surface area contributed by atoms with E-state index in [4.69, 9.17) is 10.5 Å². The number of rotatable bonds is 7. The Kier molecular flexibility index (Phi) is 5.99. The molecule has 3 nitrogen and oxygen atoms in total. The highest BCUT2D eigenvalue weighted by Gasteiger charge is 2.13. The summed E-state index contributed by atoms with van der Waals surface area (Å²) >= 11 is 0. The Labute approximate surface area is 111 Å². The van der Waals surface area contributed by atoms with Gasteiger partial charge in [0.05, 0.1) is 6.61 Å². The highest BCUT2D eigenvalue weighted by atomic mass is 16.5. The summed E-state index contributed by atoms with van der Waals surface area (Å²) in [6.45, 7) is 11.3. The largest absolute Gasteiger partial charge is 0.494 e. The maximum atomic E-state index is 5.88. The Morgan fingerprint density at radius 2 is 2.00 bits per heavy atom. The second kappa shape index (κ2) is 7.27. The Balaban J connectivity index is 2.89. The molecule has 18 heavy (non-hydrogen) atoms. The summed E-state index contributed by atoms with van der Waals surface area (Å²) in [5.41, 5.74) is 7.85. The Morgan fingerprint density at radius 1 is 1.28 bits per heavy atom. The molecular weight excluding hydrogens is 224 g/mol. The SMILES string of the molecule is CCOc1ccc(N)cc1CN(CC)C(C)CC. The molecule has 1 aromatic rings. The van der Waals surface area contributed by atoms with Crippen LogP contribution < -0.4 is 10.5 Å². The summed E-state index contributed by atoms with van der Waals surface area (Å²) in [7, 11) is 0. The minimum atomic E-state index is 0.575. The van der Waals surface area contributed by atoms with Crippen molar-refractivity contribution in [2.75, 3.05) is 18.9 Å². The average molecular weight is 250 g/mol. The molecular formula is C15H26N2O. The average Bonchev–Trinajstić information content (AvgIpc) is 2.38. The first-order valence-electron chi connectivity index (χ1n) is 6.87. The topological polar surface area (TPSA) is 38.5 Å². The fourth-order valence-corrected chi connectivity index (χ4v) is 2.08. The van der Waals surface area contributed by atoms with Gasteiger partial charge in [0, 0.05) is 23.8 Å². The first kappa shape index (κ1) is 14.8. The van der Waals surface area contributed by atoms with E-state index in [2.05, 4.69) is 25.7 Å². The molecule has 1 unspecified atom stereocenters. The third kappa shape index (κ3) is 3.91. The number of anilines is 1. The number of benzene rings is 1. The quantitative estimate of drug-likeness (QED) is 0.755. The van der Waals surface area contributed by atoms with Gasteiger partial charge in [-0.3, -0.25) is 4.90 Å². The number of nitrogens with zero attached hydrogens (tertiary/aromatic N) is 1. The van der Waals surface area contributed by atoms with Gasteiger partial charge in [-0.15, -0.1) is 0 Å². The monoisotopic (exact) mass is 250 g/mol. The number of nitrogen functional groups attached to an aromatic ring is 1. The number of ether oxygens (including phenoxy) is 1. The molecule has 0 aliphatic rings. The molecule has 0 aliphatic carbocycles. The van der Waals surface area contributed by atoms with Crippen LogP contribution in [0.5, 0.6) is 5.75 Å². The summed E-state index contributed by atoms with van der Waals surface area (Å²) < 4.78 is 5.67. The second-order valence-corrected chi connectivity index (χ2v) is 4.62. The minimum Gasteiger partial charge on any atom is -0.494 e. The van der Waals surface area contributed by atoms with Crippen molar-refractivity contribution in [2.24, 2.45) is 0 Å². The lowest BCUT2D eigenvalue weighted by Crippen LogP contribution is -2.32. The maximum Gasteiger partial charge on any atom is 0.123 e. The van der Waals surface area contributed by atoms with Crippen LogP contribution in [0.1, 0.15) is 39.7 Å². The highest BCUT2D eigenvalue weighted by Crippen LogP contribution is 2.24. The summed E-state index contributed by atoms with van der Waals surface area (Å²) in [6, 6.07) is 6.47.